The van der Waals surface area contributed by atoms with Crippen molar-refractivity contribution in [3.63, 3.8) is 0 Å². The Morgan fingerprint density at radius 3 is 2.29 bits per heavy atom. The molecule has 2 N–H and O–H groups in total. The van der Waals surface area contributed by atoms with Gasteiger partial charge in [0, 0.05) is 76.9 Å². The van der Waals surface area contributed by atoms with Gasteiger partial charge in [-0.15, -0.1) is 0 Å². The van der Waals surface area contributed by atoms with Crippen molar-refractivity contribution in [2.75, 3.05) is 88.9 Å². The molecule has 3 saturated heterocycles. The minimum atomic E-state index is 0.00404. The van der Waals surface area contributed by atoms with Gasteiger partial charge in [-0.05, 0) is 37.5 Å². The molecule has 10 heteroatoms. The molecule has 1 aliphatic carbocycles. The molecule has 0 spiro atoms. The van der Waals surface area contributed by atoms with Crippen molar-refractivity contribution in [1.82, 2.24) is 20.0 Å². The zero-order valence-electron chi connectivity index (χ0n) is 22.5. The molecule has 3 heterocycles. The number of piperazine rings is 1. The van der Waals surface area contributed by atoms with Crippen LogP contribution >= 0.6 is 0 Å². The number of nitrogens with one attached hydrogen (secondary N) is 2. The second-order valence-electron chi connectivity index (χ2n) is 10.8. The molecule has 4 amide bonds. The summed E-state index contributed by atoms with van der Waals surface area (Å²) < 4.78 is 5.41. The van der Waals surface area contributed by atoms with Crippen molar-refractivity contribution >= 4 is 29.2 Å². The summed E-state index contributed by atoms with van der Waals surface area (Å²) in [4.78, 5) is 47.6. The summed E-state index contributed by atoms with van der Waals surface area (Å²) in [5.74, 6) is 0.0796. The summed E-state index contributed by atoms with van der Waals surface area (Å²) in [5, 5.41) is 6.51. The highest BCUT2D eigenvalue weighted by molar-refractivity contribution is 6.00. The highest BCUT2D eigenvalue weighted by Crippen LogP contribution is 2.31. The fourth-order valence-corrected chi connectivity index (χ4v) is 6.00. The number of amides is 4. The van der Waals surface area contributed by atoms with E-state index >= 15 is 0 Å². The maximum absolute atomic E-state index is 13.3. The zero-order valence-corrected chi connectivity index (χ0v) is 22.5. The van der Waals surface area contributed by atoms with Crippen LogP contribution in [-0.2, 0) is 9.53 Å². The van der Waals surface area contributed by atoms with Crippen LogP contribution in [0.3, 0.4) is 0 Å². The van der Waals surface area contributed by atoms with Crippen LogP contribution < -0.4 is 15.5 Å². The maximum atomic E-state index is 13.3. The number of benzene rings is 1. The van der Waals surface area contributed by atoms with E-state index in [1.807, 2.05) is 32.9 Å². The minimum Gasteiger partial charge on any atom is -0.378 e. The van der Waals surface area contributed by atoms with Crippen LogP contribution in [0.5, 0.6) is 0 Å². The first-order valence-electron chi connectivity index (χ1n) is 14.4. The quantitative estimate of drug-likeness (QED) is 0.625. The van der Waals surface area contributed by atoms with E-state index in [4.69, 9.17) is 4.74 Å². The van der Waals surface area contributed by atoms with E-state index in [0.29, 0.717) is 70.3 Å². The summed E-state index contributed by atoms with van der Waals surface area (Å²) >= 11 is 0. The number of morpholine rings is 1. The van der Waals surface area contributed by atoms with Crippen LogP contribution in [0.4, 0.5) is 16.2 Å². The molecule has 0 unspecified atom stereocenters. The Morgan fingerprint density at radius 2 is 1.53 bits per heavy atom. The smallest absolute Gasteiger partial charge is 0.320 e. The standard InChI is InChI=1S/C28H42N6O4/c35-26(22-5-2-1-3-6-22)30-24-21-23(27(36)32-13-9-29-10-14-32)7-8-25(24)31-11-4-12-33(16-15-31)28(37)34-17-19-38-20-18-34/h7-8,21-22,29H,1-6,9-20H2,(H,30,35). The first-order chi connectivity index (χ1) is 18.6. The molecule has 4 aliphatic rings. The Hall–Kier alpha value is -2.85. The number of hydrogen-bond acceptors (Lipinski definition) is 6. The van der Waals surface area contributed by atoms with Crippen molar-refractivity contribution in [2.24, 2.45) is 5.92 Å². The van der Waals surface area contributed by atoms with E-state index < -0.39 is 0 Å². The Bertz CT molecular complexity index is 986. The second-order valence-corrected chi connectivity index (χ2v) is 10.8. The van der Waals surface area contributed by atoms with Crippen molar-refractivity contribution in [2.45, 2.75) is 38.5 Å². The number of ether oxygens (including phenoxy) is 1. The molecule has 5 rings (SSSR count). The van der Waals surface area contributed by atoms with Gasteiger partial charge in [0.1, 0.15) is 0 Å². The van der Waals surface area contributed by atoms with Crippen LogP contribution in [0.25, 0.3) is 0 Å². The molecule has 0 atom stereocenters. The van der Waals surface area contributed by atoms with Crippen molar-refractivity contribution in [3.05, 3.63) is 23.8 Å². The van der Waals surface area contributed by atoms with Gasteiger partial charge in [-0.1, -0.05) is 19.3 Å². The highest BCUT2D eigenvalue weighted by atomic mass is 16.5. The van der Waals surface area contributed by atoms with Crippen molar-refractivity contribution < 1.29 is 19.1 Å². The third-order valence-corrected chi connectivity index (χ3v) is 8.27. The second kappa shape index (κ2) is 12.8. The number of carbonyl (C=O) groups is 3. The van der Waals surface area contributed by atoms with Crippen LogP contribution in [0.15, 0.2) is 18.2 Å². The van der Waals surface area contributed by atoms with E-state index in [-0.39, 0.29) is 23.8 Å². The minimum absolute atomic E-state index is 0.00404. The van der Waals surface area contributed by atoms with Gasteiger partial charge in [0.05, 0.1) is 24.6 Å². The third-order valence-electron chi connectivity index (χ3n) is 8.27. The van der Waals surface area contributed by atoms with Crippen LogP contribution in [0.1, 0.15) is 48.9 Å². The van der Waals surface area contributed by atoms with Gasteiger partial charge in [0.25, 0.3) is 5.91 Å². The van der Waals surface area contributed by atoms with Gasteiger partial charge in [0.2, 0.25) is 5.91 Å². The normalized spacial score (nSPS) is 21.7. The number of anilines is 2. The molecule has 1 aromatic carbocycles. The first-order valence-corrected chi connectivity index (χ1v) is 14.4. The molecule has 3 aliphatic heterocycles. The Morgan fingerprint density at radius 1 is 0.789 bits per heavy atom. The Balaban J connectivity index is 1.33. The largest absolute Gasteiger partial charge is 0.378 e. The lowest BCUT2D eigenvalue weighted by molar-refractivity contribution is -0.120. The highest BCUT2D eigenvalue weighted by Gasteiger charge is 2.28. The van der Waals surface area contributed by atoms with Gasteiger partial charge in [-0.2, -0.15) is 0 Å². The van der Waals surface area contributed by atoms with Gasteiger partial charge < -0.3 is 35.0 Å². The van der Waals surface area contributed by atoms with Gasteiger partial charge in [0.15, 0.2) is 0 Å². The zero-order chi connectivity index (χ0) is 26.3. The molecule has 1 aromatic rings. The van der Waals surface area contributed by atoms with Crippen LogP contribution in [0.2, 0.25) is 0 Å². The summed E-state index contributed by atoms with van der Waals surface area (Å²) in [6.07, 6.45) is 6.05. The Kier molecular flexibility index (Phi) is 9.01. The Labute approximate surface area is 225 Å². The fourth-order valence-electron chi connectivity index (χ4n) is 6.00. The molecule has 1 saturated carbocycles. The molecule has 10 nitrogen and oxygen atoms in total. The predicted molar refractivity (Wildman–Crippen MR) is 147 cm³/mol. The van der Waals surface area contributed by atoms with E-state index in [9.17, 15) is 14.4 Å². The van der Waals surface area contributed by atoms with Crippen molar-refractivity contribution in [1.29, 1.82) is 0 Å². The first kappa shape index (κ1) is 26.7. The number of nitrogens with zero attached hydrogens (tertiary/aromatic N) is 4. The molecular weight excluding hydrogens is 484 g/mol. The van der Waals surface area contributed by atoms with Crippen molar-refractivity contribution in [3.8, 4) is 0 Å². The molecule has 4 fully saturated rings. The summed E-state index contributed by atoms with van der Waals surface area (Å²) in [6.45, 7) is 8.20. The number of hydrogen-bond donors (Lipinski definition) is 2. The lowest BCUT2D eigenvalue weighted by Crippen LogP contribution is -2.49. The predicted octanol–water partition coefficient (Wildman–Crippen LogP) is 2.22. The summed E-state index contributed by atoms with van der Waals surface area (Å²) in [6, 6.07) is 5.81. The number of carbonyl (C=O) groups excluding carboxylic acids is 3. The fraction of sp³-hybridized carbons (Fsp3) is 0.679. The van der Waals surface area contributed by atoms with E-state index in [1.54, 1.807) is 0 Å². The van der Waals surface area contributed by atoms with Crippen LogP contribution in [-0.4, -0.2) is 111 Å². The third kappa shape index (κ3) is 6.40. The molecular formula is C28H42N6O4. The average Bonchev–Trinajstić information content (AvgIpc) is 3.24. The lowest BCUT2D eigenvalue weighted by atomic mass is 9.88. The van der Waals surface area contributed by atoms with E-state index in [0.717, 1.165) is 57.4 Å². The molecule has 38 heavy (non-hydrogen) atoms. The number of rotatable bonds is 4. The average molecular weight is 527 g/mol. The molecule has 0 aromatic heterocycles. The summed E-state index contributed by atoms with van der Waals surface area (Å²) in [5.41, 5.74) is 2.23. The monoisotopic (exact) mass is 526 g/mol. The van der Waals surface area contributed by atoms with Gasteiger partial charge in [-0.25, -0.2) is 4.79 Å². The molecule has 0 bridgehead atoms. The summed E-state index contributed by atoms with van der Waals surface area (Å²) in [7, 11) is 0. The lowest BCUT2D eigenvalue weighted by Gasteiger charge is -2.32. The van der Waals surface area contributed by atoms with Crippen LogP contribution in [0, 0.1) is 5.92 Å². The van der Waals surface area contributed by atoms with Gasteiger partial charge >= 0.3 is 6.03 Å². The topological polar surface area (TPSA) is 97.5 Å². The number of urea groups is 1. The SMILES string of the molecule is O=C(Nc1cc(C(=O)N2CCNCC2)ccc1N1CCCN(C(=O)N2CCOCC2)CC1)C1CCCCC1. The molecule has 208 valence electrons. The van der Waals surface area contributed by atoms with E-state index in [2.05, 4.69) is 15.5 Å². The van der Waals surface area contributed by atoms with E-state index in [1.165, 1.54) is 6.42 Å². The van der Waals surface area contributed by atoms with Gasteiger partial charge in [-0.3, -0.25) is 9.59 Å². The maximum Gasteiger partial charge on any atom is 0.320 e. The molecule has 0 radical (unpaired) electrons.